The van der Waals surface area contributed by atoms with Gasteiger partial charge in [-0.15, -0.1) is 0 Å². The normalized spacial score (nSPS) is 10.3. The average molecular weight is 403 g/mol. The molecule has 0 atom stereocenters. The van der Waals surface area contributed by atoms with Crippen LogP contribution < -0.4 is 5.32 Å². The SMILES string of the molecule is Cc1c(CNc2ccc(I)cc2Cl)cccc1[N+](=O)[O-]. The minimum absolute atomic E-state index is 0.137. The first-order valence-electron chi connectivity index (χ1n) is 5.91. The molecule has 104 valence electrons. The minimum atomic E-state index is -0.364. The van der Waals surface area contributed by atoms with E-state index in [-0.39, 0.29) is 10.6 Å². The van der Waals surface area contributed by atoms with Gasteiger partial charge in [0.15, 0.2) is 0 Å². The molecule has 6 heteroatoms. The third kappa shape index (κ3) is 3.40. The van der Waals surface area contributed by atoms with Crippen LogP contribution in [0.25, 0.3) is 0 Å². The highest BCUT2D eigenvalue weighted by Gasteiger charge is 2.13. The summed E-state index contributed by atoms with van der Waals surface area (Å²) in [5.41, 5.74) is 2.51. The third-order valence-corrected chi connectivity index (χ3v) is 4.00. The van der Waals surface area contributed by atoms with Gasteiger partial charge in [-0.3, -0.25) is 10.1 Å². The average Bonchev–Trinajstić information content (AvgIpc) is 2.39. The van der Waals surface area contributed by atoms with Crippen molar-refractivity contribution in [2.45, 2.75) is 13.5 Å². The van der Waals surface area contributed by atoms with Crippen molar-refractivity contribution in [1.29, 1.82) is 0 Å². The maximum Gasteiger partial charge on any atom is 0.272 e. The Kier molecular flexibility index (Phi) is 4.82. The molecule has 0 saturated heterocycles. The van der Waals surface area contributed by atoms with Gasteiger partial charge in [-0.05, 0) is 53.3 Å². The second-order valence-corrected chi connectivity index (χ2v) is 5.95. The number of hydrogen-bond acceptors (Lipinski definition) is 3. The van der Waals surface area contributed by atoms with Gasteiger partial charge < -0.3 is 5.32 Å². The molecule has 0 heterocycles. The Morgan fingerprint density at radius 3 is 2.75 bits per heavy atom. The summed E-state index contributed by atoms with van der Waals surface area (Å²) in [5.74, 6) is 0. The topological polar surface area (TPSA) is 55.2 Å². The van der Waals surface area contributed by atoms with Gasteiger partial charge >= 0.3 is 0 Å². The van der Waals surface area contributed by atoms with Gasteiger partial charge in [0.25, 0.3) is 5.69 Å². The Morgan fingerprint density at radius 2 is 2.10 bits per heavy atom. The summed E-state index contributed by atoms with van der Waals surface area (Å²) in [6.07, 6.45) is 0. The van der Waals surface area contributed by atoms with E-state index in [2.05, 4.69) is 27.9 Å². The summed E-state index contributed by atoms with van der Waals surface area (Å²) in [6, 6.07) is 10.8. The van der Waals surface area contributed by atoms with Crippen LogP contribution in [0.1, 0.15) is 11.1 Å². The lowest BCUT2D eigenvalue weighted by atomic mass is 10.1. The quantitative estimate of drug-likeness (QED) is 0.455. The van der Waals surface area contributed by atoms with Crippen LogP contribution in [0.5, 0.6) is 0 Å². The van der Waals surface area contributed by atoms with E-state index in [9.17, 15) is 10.1 Å². The number of nitro benzene ring substituents is 1. The molecule has 0 spiro atoms. The molecule has 0 aromatic heterocycles. The number of anilines is 1. The molecule has 2 aromatic rings. The number of nitro groups is 1. The smallest absolute Gasteiger partial charge is 0.272 e. The molecule has 0 bridgehead atoms. The van der Waals surface area contributed by atoms with E-state index in [1.54, 1.807) is 13.0 Å². The van der Waals surface area contributed by atoms with Crippen LogP contribution in [-0.4, -0.2) is 4.92 Å². The van der Waals surface area contributed by atoms with Crippen molar-refractivity contribution in [3.63, 3.8) is 0 Å². The maximum absolute atomic E-state index is 10.9. The van der Waals surface area contributed by atoms with E-state index in [1.807, 2.05) is 24.3 Å². The molecule has 2 aromatic carbocycles. The standard InChI is InChI=1S/C14H12ClIN2O2/c1-9-10(3-2-4-14(9)18(19)20)8-17-13-6-5-11(16)7-12(13)15/h2-7,17H,8H2,1H3. The Bertz CT molecular complexity index is 662. The number of hydrogen-bond donors (Lipinski definition) is 1. The van der Waals surface area contributed by atoms with Gasteiger partial charge in [0.05, 0.1) is 15.6 Å². The lowest BCUT2D eigenvalue weighted by Crippen LogP contribution is -2.03. The zero-order valence-electron chi connectivity index (χ0n) is 10.7. The summed E-state index contributed by atoms with van der Waals surface area (Å²) < 4.78 is 1.06. The number of nitrogens with zero attached hydrogens (tertiary/aromatic N) is 1. The molecule has 0 aliphatic heterocycles. The highest BCUT2D eigenvalue weighted by atomic mass is 127. The fraction of sp³-hybridized carbons (Fsp3) is 0.143. The second-order valence-electron chi connectivity index (χ2n) is 4.30. The second kappa shape index (κ2) is 6.41. The highest BCUT2D eigenvalue weighted by Crippen LogP contribution is 2.26. The highest BCUT2D eigenvalue weighted by molar-refractivity contribution is 14.1. The molecule has 0 radical (unpaired) electrons. The van der Waals surface area contributed by atoms with E-state index in [1.165, 1.54) is 6.07 Å². The predicted octanol–water partition coefficient (Wildman–Crippen LogP) is 4.77. The van der Waals surface area contributed by atoms with Crippen molar-refractivity contribution in [1.82, 2.24) is 0 Å². The summed E-state index contributed by atoms with van der Waals surface area (Å²) in [6.45, 7) is 2.25. The predicted molar refractivity (Wildman–Crippen MR) is 89.3 cm³/mol. The minimum Gasteiger partial charge on any atom is -0.380 e. The van der Waals surface area contributed by atoms with E-state index in [0.29, 0.717) is 17.1 Å². The molecule has 1 N–H and O–H groups in total. The summed E-state index contributed by atoms with van der Waals surface area (Å²) in [7, 11) is 0. The molecule has 0 fully saturated rings. The summed E-state index contributed by atoms with van der Waals surface area (Å²) >= 11 is 8.33. The van der Waals surface area contributed by atoms with Crippen molar-refractivity contribution >= 4 is 45.6 Å². The van der Waals surface area contributed by atoms with Gasteiger partial charge in [-0.1, -0.05) is 23.7 Å². The van der Waals surface area contributed by atoms with E-state index >= 15 is 0 Å². The van der Waals surface area contributed by atoms with Crippen LogP contribution in [-0.2, 0) is 6.54 Å². The lowest BCUT2D eigenvalue weighted by Gasteiger charge is -2.11. The zero-order valence-corrected chi connectivity index (χ0v) is 13.6. The summed E-state index contributed by atoms with van der Waals surface area (Å²) in [5, 5.41) is 14.7. The third-order valence-electron chi connectivity index (χ3n) is 3.01. The molecule has 0 amide bonds. The van der Waals surface area contributed by atoms with E-state index in [4.69, 9.17) is 11.6 Å². The van der Waals surface area contributed by atoms with Crippen LogP contribution in [0, 0.1) is 20.6 Å². The van der Waals surface area contributed by atoms with Crippen LogP contribution in [0.15, 0.2) is 36.4 Å². The first kappa shape index (κ1) is 15.1. The van der Waals surface area contributed by atoms with Crippen LogP contribution in [0.3, 0.4) is 0 Å². The Balaban J connectivity index is 2.19. The monoisotopic (exact) mass is 402 g/mol. The zero-order chi connectivity index (χ0) is 14.7. The Morgan fingerprint density at radius 1 is 1.35 bits per heavy atom. The number of benzene rings is 2. The van der Waals surface area contributed by atoms with Gasteiger partial charge in [-0.25, -0.2) is 0 Å². The largest absolute Gasteiger partial charge is 0.380 e. The fourth-order valence-corrected chi connectivity index (χ4v) is 2.81. The van der Waals surface area contributed by atoms with Crippen molar-refractivity contribution in [2.24, 2.45) is 0 Å². The molecular weight excluding hydrogens is 391 g/mol. The molecule has 4 nitrogen and oxygen atoms in total. The van der Waals surface area contributed by atoms with Crippen LogP contribution >= 0.6 is 34.2 Å². The van der Waals surface area contributed by atoms with Gasteiger partial charge in [-0.2, -0.15) is 0 Å². The molecule has 0 saturated carbocycles. The Hall–Kier alpha value is -1.34. The molecule has 0 aliphatic carbocycles. The van der Waals surface area contributed by atoms with E-state index < -0.39 is 0 Å². The van der Waals surface area contributed by atoms with Crippen LogP contribution in [0.2, 0.25) is 5.02 Å². The maximum atomic E-state index is 10.9. The summed E-state index contributed by atoms with van der Waals surface area (Å²) in [4.78, 5) is 10.5. The molecule has 2 rings (SSSR count). The fourth-order valence-electron chi connectivity index (χ4n) is 1.88. The molecule has 0 aliphatic rings. The van der Waals surface area contributed by atoms with Gasteiger partial charge in [0, 0.05) is 21.7 Å². The first-order chi connectivity index (χ1) is 9.49. The van der Waals surface area contributed by atoms with Crippen molar-refractivity contribution in [2.75, 3.05) is 5.32 Å². The number of rotatable bonds is 4. The van der Waals surface area contributed by atoms with Crippen molar-refractivity contribution in [3.05, 3.63) is 66.2 Å². The number of nitrogens with one attached hydrogen (secondary N) is 1. The molecule has 20 heavy (non-hydrogen) atoms. The number of halogens is 2. The van der Waals surface area contributed by atoms with Gasteiger partial charge in [0.2, 0.25) is 0 Å². The van der Waals surface area contributed by atoms with E-state index in [0.717, 1.165) is 14.8 Å². The first-order valence-corrected chi connectivity index (χ1v) is 7.36. The Labute approximate surface area is 135 Å². The lowest BCUT2D eigenvalue weighted by molar-refractivity contribution is -0.385. The molecular formula is C14H12ClIN2O2. The van der Waals surface area contributed by atoms with Crippen molar-refractivity contribution in [3.8, 4) is 0 Å². The van der Waals surface area contributed by atoms with Crippen molar-refractivity contribution < 1.29 is 4.92 Å². The van der Waals surface area contributed by atoms with Crippen LogP contribution in [0.4, 0.5) is 11.4 Å². The van der Waals surface area contributed by atoms with Gasteiger partial charge in [0.1, 0.15) is 0 Å². The molecule has 0 unspecified atom stereocenters.